The summed E-state index contributed by atoms with van der Waals surface area (Å²) in [6, 6.07) is 17.8. The van der Waals surface area contributed by atoms with Crippen LogP contribution < -0.4 is 94.0 Å². The van der Waals surface area contributed by atoms with Gasteiger partial charge in [0.25, 0.3) is 0 Å². The van der Waals surface area contributed by atoms with Crippen LogP contribution in [0.1, 0.15) is 18.1 Å². The van der Waals surface area contributed by atoms with Gasteiger partial charge in [-0.3, -0.25) is 9.59 Å². The van der Waals surface area contributed by atoms with E-state index >= 15 is 0 Å². The summed E-state index contributed by atoms with van der Waals surface area (Å²) >= 11 is 0. The Morgan fingerprint density at radius 1 is 1.08 bits per heavy atom. The largest absolute Gasteiger partial charge is 1.00 e. The number of hydrogen-bond acceptors (Lipinski definition) is 9. The van der Waals surface area contributed by atoms with Crippen LogP contribution in [0.25, 0.3) is 0 Å². The number of ether oxygens (including phenoxy) is 2. The van der Waals surface area contributed by atoms with E-state index in [1.807, 2.05) is 30.3 Å². The number of piperazine rings is 1. The van der Waals surface area contributed by atoms with Crippen LogP contribution in [-0.2, 0) is 29.1 Å². The number of nitrogens with zero attached hydrogens (tertiary/aromatic N) is 2. The van der Waals surface area contributed by atoms with Gasteiger partial charge in [-0.1, -0.05) is 60.7 Å². The van der Waals surface area contributed by atoms with E-state index in [1.165, 1.54) is 40.1 Å². The number of halogens is 2. The second-order valence-corrected chi connectivity index (χ2v) is 11.5. The molecule has 3 aromatic rings. The Bertz CT molecular complexity index is 1640. The van der Waals surface area contributed by atoms with Crippen molar-refractivity contribution in [1.82, 2.24) is 25.8 Å². The molecule has 6 N–H and O–H groups in total. The molecule has 0 saturated carbocycles. The first-order chi connectivity index (χ1) is 23.0. The average molecular weight is 750 g/mol. The molecule has 1 unspecified atom stereocenters. The van der Waals surface area contributed by atoms with Gasteiger partial charge < -0.3 is 56.4 Å². The van der Waals surface area contributed by atoms with Crippen molar-refractivity contribution < 1.29 is 113 Å². The van der Waals surface area contributed by atoms with Gasteiger partial charge in [0, 0.05) is 31.6 Å². The van der Waals surface area contributed by atoms with Crippen LogP contribution in [0, 0.1) is 0 Å². The van der Waals surface area contributed by atoms with Crippen LogP contribution in [0.5, 0.6) is 17.2 Å². The van der Waals surface area contributed by atoms with E-state index < -0.39 is 45.0 Å². The third-order valence-corrected chi connectivity index (χ3v) is 7.88. The minimum absolute atomic E-state index is 0. The van der Waals surface area contributed by atoms with Crippen molar-refractivity contribution in [2.75, 3.05) is 19.6 Å². The molecule has 264 valence electrons. The van der Waals surface area contributed by atoms with Crippen molar-refractivity contribution in [3.63, 3.8) is 0 Å². The average Bonchev–Trinajstić information content (AvgIpc) is 3.38. The molecular formula is C32H36F2N5Na2O9P. The van der Waals surface area contributed by atoms with E-state index in [1.54, 1.807) is 18.2 Å². The molecule has 0 aromatic heterocycles. The number of para-hydroxylation sites is 1. The topological polar surface area (TPSA) is 196 Å². The molecule has 1 fully saturated rings. The Hall–Kier alpha value is -2.86. The fourth-order valence-corrected chi connectivity index (χ4v) is 5.73. The smallest absolute Gasteiger partial charge is 1.00 e. The van der Waals surface area contributed by atoms with Crippen LogP contribution in [0.3, 0.4) is 0 Å². The summed E-state index contributed by atoms with van der Waals surface area (Å²) in [5.74, 6) is -1.30. The minimum atomic E-state index is -3.88. The number of benzene rings is 3. The second-order valence-electron chi connectivity index (χ2n) is 10.9. The molecule has 51 heavy (non-hydrogen) atoms. The second kappa shape index (κ2) is 20.4. The Morgan fingerprint density at radius 3 is 2.45 bits per heavy atom. The zero-order valence-corrected chi connectivity index (χ0v) is 32.9. The summed E-state index contributed by atoms with van der Waals surface area (Å²) in [6.45, 7) is 3.57. The van der Waals surface area contributed by atoms with Crippen LogP contribution in [0.2, 0.25) is 0 Å². The molecule has 0 aliphatic carbocycles. The van der Waals surface area contributed by atoms with Crippen LogP contribution in [0.15, 0.2) is 85.5 Å². The van der Waals surface area contributed by atoms with E-state index in [9.17, 15) is 28.1 Å². The van der Waals surface area contributed by atoms with E-state index in [0.29, 0.717) is 12.1 Å². The molecule has 5 rings (SSSR count). The summed E-state index contributed by atoms with van der Waals surface area (Å²) in [5.41, 5.74) is 1.63. The zero-order chi connectivity index (χ0) is 34.3. The summed E-state index contributed by atoms with van der Waals surface area (Å²) < 4.78 is 42.1. The Morgan fingerprint density at radius 2 is 1.78 bits per heavy atom. The van der Waals surface area contributed by atoms with Gasteiger partial charge in [0.2, 0.25) is 11.8 Å². The summed E-state index contributed by atoms with van der Waals surface area (Å²) in [5, 5.41) is 8.51. The maximum atomic E-state index is 14.2. The quantitative estimate of drug-likeness (QED) is 0.0578. The van der Waals surface area contributed by atoms with Crippen LogP contribution >= 0.6 is 8.60 Å². The molecule has 0 spiro atoms. The number of urea groups is 1. The fourth-order valence-electron chi connectivity index (χ4n) is 5.43. The van der Waals surface area contributed by atoms with Crippen molar-refractivity contribution in [3.8, 4) is 17.2 Å². The number of nitrogens with one attached hydrogen (secondary N) is 3. The van der Waals surface area contributed by atoms with Gasteiger partial charge in [-0.15, -0.1) is 15.4 Å². The van der Waals surface area contributed by atoms with Gasteiger partial charge in [0.15, 0.2) is 11.5 Å². The molecule has 1 saturated heterocycles. The number of fused-ring (bicyclic) bond motifs is 1. The minimum Gasteiger partial charge on any atom is -1.00 e. The monoisotopic (exact) mass is 749 g/mol. The normalized spacial score (nSPS) is 17.5. The number of amides is 4. The van der Waals surface area contributed by atoms with Gasteiger partial charge in [-0.05, 0) is 29.3 Å². The van der Waals surface area contributed by atoms with Crippen LogP contribution in [0.4, 0.5) is 13.6 Å². The molecular weight excluding hydrogens is 713 g/mol. The molecule has 4 amide bonds. The molecule has 3 aromatic carbocycles. The number of hydrogen-bond donors (Lipinski definition) is 4. The maximum absolute atomic E-state index is 14.2. The maximum Gasteiger partial charge on any atom is 1.00 e. The van der Waals surface area contributed by atoms with Gasteiger partial charge in [-0.2, -0.15) is 0 Å². The number of carbonyl (C=O) groups is 3. The van der Waals surface area contributed by atoms with Gasteiger partial charge in [0.05, 0.1) is 13.1 Å². The van der Waals surface area contributed by atoms with Gasteiger partial charge >= 0.3 is 71.4 Å². The molecule has 2 aliphatic heterocycles. The molecule has 0 radical (unpaired) electrons. The zero-order valence-electron chi connectivity index (χ0n) is 29.0. The fraction of sp³-hybridized carbons (Fsp3) is 0.281. The molecule has 14 nitrogen and oxygen atoms in total. The van der Waals surface area contributed by atoms with Crippen LogP contribution in [-0.4, -0.2) is 76.2 Å². The van der Waals surface area contributed by atoms with Crippen molar-refractivity contribution >= 4 is 26.4 Å². The summed E-state index contributed by atoms with van der Waals surface area (Å²) in [7, 11) is -2.89. The Kier molecular flexibility index (Phi) is 17.7. The van der Waals surface area contributed by atoms with E-state index in [0.717, 1.165) is 5.56 Å². The molecule has 19 heteroatoms. The summed E-state index contributed by atoms with van der Waals surface area (Å²) in [6.07, 6.45) is -3.38. The molecule has 3 atom stereocenters. The standard InChI is InChI=1S/C32H33F2N5O8P.2Na.H2O.H/c1-2-15-35-18-28(40)39-25(16-21-11-13-24(14-12-21)47-48(43)44)30(41)38(19-23-9-6-10-26-29(23)46-32(33,34)45-26)20-27(39)37-31(42)36-17-22-7-4-3-5-8-22;;;;/h2-14,25,27,35,43H,1,15-20H2,(H2,36,37,42);;;1H2;/q-1;2*+1;;-1/t25-,27+;;;;/m0..../s1. The van der Waals surface area contributed by atoms with E-state index in [2.05, 4.69) is 27.3 Å². The molecule has 2 heterocycles. The van der Waals surface area contributed by atoms with Crippen molar-refractivity contribution in [1.29, 1.82) is 0 Å². The predicted molar refractivity (Wildman–Crippen MR) is 172 cm³/mol. The Labute approximate surface area is 339 Å². The molecule has 2 aliphatic rings. The van der Waals surface area contributed by atoms with E-state index in [-0.39, 0.29) is 121 Å². The first-order valence-electron chi connectivity index (χ1n) is 14.8. The number of carbonyl (C=O) groups excluding carboxylic acids is 3. The van der Waals surface area contributed by atoms with E-state index in [4.69, 9.17) is 14.2 Å². The van der Waals surface area contributed by atoms with Gasteiger partial charge in [-0.25, -0.2) is 4.79 Å². The first-order valence-corrected chi connectivity index (χ1v) is 16.0. The Balaban J connectivity index is 0.00000338. The predicted octanol–water partition coefficient (Wildman–Crippen LogP) is -4.35. The molecule has 0 bridgehead atoms. The number of rotatable bonds is 13. The summed E-state index contributed by atoms with van der Waals surface area (Å²) in [4.78, 5) is 64.0. The SMILES string of the molecule is C=CCNCC(=O)N1[C@@H](NC(=O)NCc2ccccc2)CN(Cc2cccc3c2OC(F)(F)O3)C(=O)[C@@H]1Cc1ccc(OP([O-])O)cc1.O.[H-].[Na+].[Na+]. The third kappa shape index (κ3) is 12.1. The van der Waals surface area contributed by atoms with Gasteiger partial charge in [0.1, 0.15) is 26.6 Å². The van der Waals surface area contributed by atoms with Crippen molar-refractivity contribution in [2.24, 2.45) is 0 Å². The van der Waals surface area contributed by atoms with Crippen molar-refractivity contribution in [2.45, 2.75) is 38.0 Å². The third-order valence-electron chi connectivity index (χ3n) is 7.52. The number of alkyl halides is 2. The first kappa shape index (κ1) is 44.3. The van der Waals surface area contributed by atoms with Crippen molar-refractivity contribution in [3.05, 3.63) is 102 Å².